The van der Waals surface area contributed by atoms with Crippen LogP contribution < -0.4 is 5.32 Å². The lowest BCUT2D eigenvalue weighted by Crippen LogP contribution is -2.52. The summed E-state index contributed by atoms with van der Waals surface area (Å²) in [6.45, 7) is 8.90. The maximum absolute atomic E-state index is 12.2. The Kier molecular flexibility index (Phi) is 7.23. The van der Waals surface area contributed by atoms with Crippen molar-refractivity contribution in [3.63, 3.8) is 0 Å². The van der Waals surface area contributed by atoms with Crippen LogP contribution >= 0.6 is 0 Å². The van der Waals surface area contributed by atoms with Gasteiger partial charge in [0.2, 0.25) is 0 Å². The zero-order chi connectivity index (χ0) is 18.3. The molecule has 0 aliphatic carbocycles. The third-order valence-electron chi connectivity index (χ3n) is 4.01. The fourth-order valence-electron chi connectivity index (χ4n) is 2.79. The number of hydrogen-bond donors (Lipinski definition) is 2. The molecule has 0 spiro atoms. The fourth-order valence-corrected chi connectivity index (χ4v) is 2.79. The van der Waals surface area contributed by atoms with Crippen LogP contribution in [0.1, 0.15) is 26.3 Å². The molecule has 1 saturated heterocycles. The number of ether oxygens (including phenoxy) is 2. The highest BCUT2D eigenvalue weighted by molar-refractivity contribution is 5.68. The molecule has 0 aromatic heterocycles. The Morgan fingerprint density at radius 3 is 2.52 bits per heavy atom. The van der Waals surface area contributed by atoms with Crippen molar-refractivity contribution >= 4 is 6.09 Å². The van der Waals surface area contributed by atoms with E-state index in [0.717, 1.165) is 18.7 Å². The average Bonchev–Trinajstić information content (AvgIpc) is 2.54. The van der Waals surface area contributed by atoms with E-state index < -0.39 is 23.8 Å². The molecule has 1 heterocycles. The number of rotatable bonds is 6. The number of carbonyl (C=O) groups excluding carboxylic acids is 1. The zero-order valence-corrected chi connectivity index (χ0v) is 15.4. The topological polar surface area (TPSA) is 71.0 Å². The van der Waals surface area contributed by atoms with Gasteiger partial charge in [-0.15, -0.1) is 0 Å². The van der Waals surface area contributed by atoms with Gasteiger partial charge in [-0.2, -0.15) is 0 Å². The van der Waals surface area contributed by atoms with Gasteiger partial charge in [-0.1, -0.05) is 30.3 Å². The number of hydrogen-bond acceptors (Lipinski definition) is 5. The quantitative estimate of drug-likeness (QED) is 0.819. The van der Waals surface area contributed by atoms with E-state index in [1.165, 1.54) is 0 Å². The first-order valence-corrected chi connectivity index (χ1v) is 8.85. The Bertz CT molecular complexity index is 524. The van der Waals surface area contributed by atoms with Crippen LogP contribution in [0.4, 0.5) is 4.79 Å². The van der Waals surface area contributed by atoms with E-state index in [1.54, 1.807) is 0 Å². The molecular formula is C19H30N2O4. The lowest BCUT2D eigenvalue weighted by molar-refractivity contribution is 0.00302. The predicted octanol–water partition coefficient (Wildman–Crippen LogP) is 1.82. The van der Waals surface area contributed by atoms with Crippen molar-refractivity contribution in [1.82, 2.24) is 10.2 Å². The molecule has 140 valence electrons. The number of carbonyl (C=O) groups is 1. The molecule has 25 heavy (non-hydrogen) atoms. The van der Waals surface area contributed by atoms with Crippen LogP contribution in [0, 0.1) is 0 Å². The van der Waals surface area contributed by atoms with Crippen molar-refractivity contribution in [1.29, 1.82) is 0 Å². The number of β-amino-alcohol motifs (C(OH)–C–C–N with tert-alkyl or cyclic N) is 1. The van der Waals surface area contributed by atoms with Crippen LogP contribution in [0.2, 0.25) is 0 Å². The zero-order valence-electron chi connectivity index (χ0n) is 15.4. The van der Waals surface area contributed by atoms with Gasteiger partial charge in [-0.25, -0.2) is 4.79 Å². The van der Waals surface area contributed by atoms with E-state index in [9.17, 15) is 9.90 Å². The summed E-state index contributed by atoms with van der Waals surface area (Å²) in [5.41, 5.74) is 0.487. The molecule has 1 aromatic rings. The average molecular weight is 350 g/mol. The summed E-state index contributed by atoms with van der Waals surface area (Å²) in [5, 5.41) is 13.6. The van der Waals surface area contributed by atoms with Crippen LogP contribution in [0.5, 0.6) is 0 Å². The summed E-state index contributed by atoms with van der Waals surface area (Å²) in [4.78, 5) is 14.3. The van der Waals surface area contributed by atoms with E-state index in [0.29, 0.717) is 26.2 Å². The van der Waals surface area contributed by atoms with Gasteiger partial charge in [-0.05, 0) is 32.8 Å². The van der Waals surface area contributed by atoms with E-state index >= 15 is 0 Å². The summed E-state index contributed by atoms with van der Waals surface area (Å²) in [6, 6.07) is 9.42. The van der Waals surface area contributed by atoms with Crippen molar-refractivity contribution < 1.29 is 19.4 Å². The monoisotopic (exact) mass is 350 g/mol. The Morgan fingerprint density at radius 2 is 1.92 bits per heavy atom. The Morgan fingerprint density at radius 1 is 1.28 bits per heavy atom. The molecule has 6 nitrogen and oxygen atoms in total. The van der Waals surface area contributed by atoms with Gasteiger partial charge in [0.15, 0.2) is 0 Å². The minimum absolute atomic E-state index is 0.417. The van der Waals surface area contributed by atoms with Crippen molar-refractivity contribution in [2.45, 2.75) is 44.9 Å². The van der Waals surface area contributed by atoms with E-state index in [1.807, 2.05) is 51.1 Å². The predicted molar refractivity (Wildman–Crippen MR) is 96.6 cm³/mol. The molecule has 6 heteroatoms. The molecule has 1 fully saturated rings. The van der Waals surface area contributed by atoms with Crippen LogP contribution in [-0.2, 0) is 15.9 Å². The second-order valence-electron chi connectivity index (χ2n) is 7.42. The summed E-state index contributed by atoms with van der Waals surface area (Å²) >= 11 is 0. The number of aliphatic hydroxyl groups is 1. The minimum atomic E-state index is -0.689. The number of alkyl carbamates (subject to hydrolysis) is 1. The molecule has 2 rings (SSSR count). The van der Waals surface area contributed by atoms with Gasteiger partial charge < -0.3 is 19.9 Å². The second kappa shape index (κ2) is 9.17. The summed E-state index contributed by atoms with van der Waals surface area (Å²) in [5.74, 6) is 0. The smallest absolute Gasteiger partial charge is 0.407 e. The molecule has 2 N–H and O–H groups in total. The number of nitrogens with zero attached hydrogens (tertiary/aromatic N) is 1. The molecule has 1 aliphatic heterocycles. The molecule has 0 bridgehead atoms. The molecule has 1 aromatic carbocycles. The number of benzene rings is 1. The van der Waals surface area contributed by atoms with E-state index in [2.05, 4.69) is 10.2 Å². The summed E-state index contributed by atoms with van der Waals surface area (Å²) < 4.78 is 10.7. The number of nitrogens with one attached hydrogen (secondary N) is 1. The molecule has 1 amide bonds. The van der Waals surface area contributed by atoms with Gasteiger partial charge >= 0.3 is 6.09 Å². The second-order valence-corrected chi connectivity index (χ2v) is 7.42. The highest BCUT2D eigenvalue weighted by Gasteiger charge is 2.27. The summed E-state index contributed by atoms with van der Waals surface area (Å²) in [7, 11) is 0. The van der Waals surface area contributed by atoms with Crippen molar-refractivity contribution in [3.8, 4) is 0 Å². The van der Waals surface area contributed by atoms with E-state index in [-0.39, 0.29) is 0 Å². The van der Waals surface area contributed by atoms with E-state index in [4.69, 9.17) is 9.47 Å². The van der Waals surface area contributed by atoms with Crippen molar-refractivity contribution in [2.75, 3.05) is 32.8 Å². The van der Waals surface area contributed by atoms with Gasteiger partial charge in [0.1, 0.15) is 5.60 Å². The Labute approximate surface area is 150 Å². The Hall–Kier alpha value is -1.63. The van der Waals surface area contributed by atoms with Gasteiger partial charge in [0.05, 0.1) is 25.4 Å². The SMILES string of the molecule is CC(C)(C)OC(=O)N[C@H](Cc1ccccc1)[C@@H](O)CN1CCOCC1. The number of aliphatic hydroxyl groups excluding tert-OH is 1. The van der Waals surface area contributed by atoms with Crippen LogP contribution in [0.3, 0.4) is 0 Å². The lowest BCUT2D eigenvalue weighted by atomic mass is 10.0. The molecule has 1 aliphatic rings. The molecule has 0 unspecified atom stereocenters. The maximum atomic E-state index is 12.2. The first-order valence-electron chi connectivity index (χ1n) is 8.85. The van der Waals surface area contributed by atoms with Gasteiger partial charge in [0.25, 0.3) is 0 Å². The third kappa shape index (κ3) is 7.42. The first kappa shape index (κ1) is 19.7. The highest BCUT2D eigenvalue weighted by atomic mass is 16.6. The lowest BCUT2D eigenvalue weighted by Gasteiger charge is -2.32. The van der Waals surface area contributed by atoms with Gasteiger partial charge in [-0.3, -0.25) is 4.90 Å². The van der Waals surface area contributed by atoms with Crippen molar-refractivity contribution in [3.05, 3.63) is 35.9 Å². The minimum Gasteiger partial charge on any atom is -0.444 e. The summed E-state index contributed by atoms with van der Waals surface area (Å²) in [6.07, 6.45) is -0.647. The van der Waals surface area contributed by atoms with Crippen LogP contribution in [0.15, 0.2) is 30.3 Å². The number of morpholine rings is 1. The molecular weight excluding hydrogens is 320 g/mol. The van der Waals surface area contributed by atoms with Crippen LogP contribution in [-0.4, -0.2) is 66.7 Å². The highest BCUT2D eigenvalue weighted by Crippen LogP contribution is 2.11. The standard InChI is InChI=1S/C19H30N2O4/c1-19(2,3)25-18(23)20-16(13-15-7-5-4-6-8-15)17(22)14-21-9-11-24-12-10-21/h4-8,16-17,22H,9-14H2,1-3H3,(H,20,23)/t16-,17+/m1/s1. The largest absolute Gasteiger partial charge is 0.444 e. The third-order valence-corrected chi connectivity index (χ3v) is 4.01. The molecule has 0 radical (unpaired) electrons. The molecule has 0 saturated carbocycles. The fraction of sp³-hybridized carbons (Fsp3) is 0.632. The molecule has 2 atom stereocenters. The number of amides is 1. The normalized spacial score (nSPS) is 18.4. The Balaban J connectivity index is 2.00. The van der Waals surface area contributed by atoms with Crippen LogP contribution in [0.25, 0.3) is 0 Å². The van der Waals surface area contributed by atoms with Crippen molar-refractivity contribution in [2.24, 2.45) is 0 Å². The first-order chi connectivity index (χ1) is 11.8. The maximum Gasteiger partial charge on any atom is 0.407 e. The van der Waals surface area contributed by atoms with Gasteiger partial charge in [0, 0.05) is 19.6 Å².